The Balaban J connectivity index is 2.53. The molecule has 0 bridgehead atoms. The second kappa shape index (κ2) is 8.05. The van der Waals surface area contributed by atoms with E-state index in [-0.39, 0.29) is 5.91 Å². The number of benzene rings is 1. The van der Waals surface area contributed by atoms with Crippen molar-refractivity contribution in [3.05, 3.63) is 29.3 Å². The number of carbonyl (C=O) groups excluding carboxylic acids is 1. The quantitative estimate of drug-likeness (QED) is 0.798. The zero-order valence-electron chi connectivity index (χ0n) is 13.2. The molecule has 1 rings (SSSR count). The minimum Gasteiger partial charge on any atom is -0.330 e. The molecule has 0 saturated heterocycles. The van der Waals surface area contributed by atoms with Crippen LogP contribution in [-0.2, 0) is 4.79 Å². The van der Waals surface area contributed by atoms with Crippen molar-refractivity contribution >= 4 is 11.6 Å². The number of nitrogens with one attached hydrogen (secondary N) is 1. The third kappa shape index (κ3) is 5.33. The summed E-state index contributed by atoms with van der Waals surface area (Å²) in [5.41, 5.74) is 8.82. The second-order valence-corrected chi connectivity index (χ2v) is 5.99. The van der Waals surface area contributed by atoms with Crippen molar-refractivity contribution < 1.29 is 4.79 Å². The maximum Gasteiger partial charge on any atom is 0.224 e. The Hall–Kier alpha value is -1.35. The average Bonchev–Trinajstić information content (AvgIpc) is 2.38. The molecule has 3 N–H and O–H groups in total. The van der Waals surface area contributed by atoms with Gasteiger partial charge in [0.25, 0.3) is 0 Å². The fraction of sp³-hybridized carbons (Fsp3) is 0.588. The summed E-state index contributed by atoms with van der Waals surface area (Å²) in [5, 5.41) is 3.02. The number of amides is 1. The average molecular weight is 276 g/mol. The van der Waals surface area contributed by atoms with Gasteiger partial charge >= 0.3 is 0 Å². The number of hydrogen-bond donors (Lipinski definition) is 2. The SMILES string of the molecule is Cc1ccc(C)c(NC(=O)CCC(CCN)C(C)C)c1. The van der Waals surface area contributed by atoms with E-state index in [4.69, 9.17) is 5.73 Å². The van der Waals surface area contributed by atoms with Gasteiger partial charge in [-0.2, -0.15) is 0 Å². The minimum absolute atomic E-state index is 0.0985. The van der Waals surface area contributed by atoms with Crippen LogP contribution in [-0.4, -0.2) is 12.5 Å². The highest BCUT2D eigenvalue weighted by atomic mass is 16.1. The van der Waals surface area contributed by atoms with Crippen molar-refractivity contribution in [3.63, 3.8) is 0 Å². The molecule has 0 aliphatic carbocycles. The molecule has 20 heavy (non-hydrogen) atoms. The van der Waals surface area contributed by atoms with Crippen molar-refractivity contribution in [2.24, 2.45) is 17.6 Å². The highest BCUT2D eigenvalue weighted by Crippen LogP contribution is 2.21. The van der Waals surface area contributed by atoms with Gasteiger partial charge in [-0.05, 0) is 62.3 Å². The summed E-state index contributed by atoms with van der Waals surface area (Å²) in [7, 11) is 0. The maximum absolute atomic E-state index is 12.1. The molecule has 1 unspecified atom stereocenters. The molecule has 0 spiro atoms. The van der Waals surface area contributed by atoms with Crippen LogP contribution >= 0.6 is 0 Å². The molecule has 1 amide bonds. The number of aryl methyl sites for hydroxylation is 2. The largest absolute Gasteiger partial charge is 0.330 e. The van der Waals surface area contributed by atoms with Crippen LogP contribution in [0.1, 0.15) is 44.2 Å². The summed E-state index contributed by atoms with van der Waals surface area (Å²) < 4.78 is 0. The van der Waals surface area contributed by atoms with Crippen molar-refractivity contribution in [1.82, 2.24) is 0 Å². The van der Waals surface area contributed by atoms with E-state index in [1.165, 1.54) is 0 Å². The Morgan fingerprint density at radius 2 is 1.95 bits per heavy atom. The van der Waals surface area contributed by atoms with Gasteiger partial charge in [0.05, 0.1) is 0 Å². The molecule has 0 aromatic heterocycles. The number of rotatable bonds is 7. The van der Waals surface area contributed by atoms with Gasteiger partial charge in [0.15, 0.2) is 0 Å². The van der Waals surface area contributed by atoms with Crippen LogP contribution < -0.4 is 11.1 Å². The molecular formula is C17H28N2O. The smallest absolute Gasteiger partial charge is 0.224 e. The van der Waals surface area contributed by atoms with Gasteiger partial charge in [-0.25, -0.2) is 0 Å². The summed E-state index contributed by atoms with van der Waals surface area (Å²) >= 11 is 0. The molecule has 112 valence electrons. The van der Waals surface area contributed by atoms with Gasteiger partial charge in [0.1, 0.15) is 0 Å². The van der Waals surface area contributed by atoms with Gasteiger partial charge in [-0.15, -0.1) is 0 Å². The Bertz CT molecular complexity index is 441. The molecule has 0 aliphatic heterocycles. The second-order valence-electron chi connectivity index (χ2n) is 5.99. The molecular weight excluding hydrogens is 248 g/mol. The standard InChI is InChI=1S/C17H28N2O/c1-12(2)15(9-10-18)7-8-17(20)19-16-11-13(3)5-6-14(16)4/h5-6,11-12,15H,7-10,18H2,1-4H3,(H,19,20). The monoisotopic (exact) mass is 276 g/mol. The molecule has 1 aromatic carbocycles. The third-order valence-electron chi connectivity index (χ3n) is 3.89. The first-order chi connectivity index (χ1) is 9.43. The first-order valence-corrected chi connectivity index (χ1v) is 7.51. The predicted octanol–water partition coefficient (Wildman–Crippen LogP) is 3.64. The molecule has 0 heterocycles. The topological polar surface area (TPSA) is 55.1 Å². The molecule has 1 aromatic rings. The van der Waals surface area contributed by atoms with Gasteiger partial charge in [-0.1, -0.05) is 26.0 Å². The van der Waals surface area contributed by atoms with Crippen molar-refractivity contribution in [1.29, 1.82) is 0 Å². The normalized spacial score (nSPS) is 12.5. The number of carbonyl (C=O) groups is 1. The fourth-order valence-electron chi connectivity index (χ4n) is 2.42. The Labute approximate surface area is 122 Å². The van der Waals surface area contributed by atoms with E-state index in [1.54, 1.807) is 0 Å². The predicted molar refractivity (Wildman–Crippen MR) is 85.8 cm³/mol. The third-order valence-corrected chi connectivity index (χ3v) is 3.89. The van der Waals surface area contributed by atoms with Gasteiger partial charge in [0.2, 0.25) is 5.91 Å². The summed E-state index contributed by atoms with van der Waals surface area (Å²) in [6, 6.07) is 6.12. The van der Waals surface area contributed by atoms with Crippen LogP contribution in [0.2, 0.25) is 0 Å². The molecule has 3 nitrogen and oxygen atoms in total. The minimum atomic E-state index is 0.0985. The van der Waals surface area contributed by atoms with Crippen LogP contribution in [0.25, 0.3) is 0 Å². The zero-order valence-corrected chi connectivity index (χ0v) is 13.2. The highest BCUT2D eigenvalue weighted by molar-refractivity contribution is 5.91. The van der Waals surface area contributed by atoms with Crippen LogP contribution in [0.15, 0.2) is 18.2 Å². The van der Waals surface area contributed by atoms with Gasteiger partial charge < -0.3 is 11.1 Å². The van der Waals surface area contributed by atoms with Crippen molar-refractivity contribution in [2.45, 2.75) is 47.0 Å². The Morgan fingerprint density at radius 3 is 2.55 bits per heavy atom. The summed E-state index contributed by atoms with van der Waals surface area (Å²) in [4.78, 5) is 12.1. The molecule has 0 saturated carbocycles. The number of nitrogens with two attached hydrogens (primary N) is 1. The summed E-state index contributed by atoms with van der Waals surface area (Å²) in [6.07, 6.45) is 2.47. The van der Waals surface area contributed by atoms with E-state index in [0.29, 0.717) is 24.8 Å². The van der Waals surface area contributed by atoms with Crippen LogP contribution in [0.5, 0.6) is 0 Å². The fourth-order valence-corrected chi connectivity index (χ4v) is 2.42. The van der Waals surface area contributed by atoms with Crippen molar-refractivity contribution in [3.8, 4) is 0 Å². The molecule has 1 atom stereocenters. The van der Waals surface area contributed by atoms with Crippen LogP contribution in [0, 0.1) is 25.7 Å². The van der Waals surface area contributed by atoms with E-state index < -0.39 is 0 Å². The Kier molecular flexibility index (Phi) is 6.73. The zero-order chi connectivity index (χ0) is 15.1. The van der Waals surface area contributed by atoms with Crippen molar-refractivity contribution in [2.75, 3.05) is 11.9 Å². The molecule has 0 radical (unpaired) electrons. The van der Waals surface area contributed by atoms with E-state index in [0.717, 1.165) is 29.7 Å². The van der Waals surface area contributed by atoms with Crippen LogP contribution in [0.3, 0.4) is 0 Å². The highest BCUT2D eigenvalue weighted by Gasteiger charge is 2.14. The summed E-state index contributed by atoms with van der Waals surface area (Å²) in [5.74, 6) is 1.21. The first-order valence-electron chi connectivity index (χ1n) is 7.51. The maximum atomic E-state index is 12.1. The lowest BCUT2D eigenvalue weighted by Crippen LogP contribution is -2.18. The first kappa shape index (κ1) is 16.7. The lowest BCUT2D eigenvalue weighted by Gasteiger charge is -2.19. The lowest BCUT2D eigenvalue weighted by atomic mass is 9.88. The lowest BCUT2D eigenvalue weighted by molar-refractivity contribution is -0.116. The molecule has 0 fully saturated rings. The van der Waals surface area contributed by atoms with E-state index >= 15 is 0 Å². The Morgan fingerprint density at radius 1 is 1.25 bits per heavy atom. The summed E-state index contributed by atoms with van der Waals surface area (Å²) in [6.45, 7) is 9.14. The number of anilines is 1. The van der Waals surface area contributed by atoms with E-state index in [1.807, 2.05) is 26.0 Å². The molecule has 3 heteroatoms. The van der Waals surface area contributed by atoms with Gasteiger partial charge in [-0.3, -0.25) is 4.79 Å². The van der Waals surface area contributed by atoms with E-state index in [9.17, 15) is 4.79 Å². The number of hydrogen-bond acceptors (Lipinski definition) is 2. The van der Waals surface area contributed by atoms with Gasteiger partial charge in [0, 0.05) is 12.1 Å². The molecule has 0 aliphatic rings. The van der Waals surface area contributed by atoms with E-state index in [2.05, 4.69) is 25.2 Å². The van der Waals surface area contributed by atoms with Crippen LogP contribution in [0.4, 0.5) is 5.69 Å².